The molecule has 2 amide bonds. The van der Waals surface area contributed by atoms with Gasteiger partial charge in [-0.1, -0.05) is 30.3 Å². The Hall–Kier alpha value is -1.64. The molecule has 1 aromatic rings. The van der Waals surface area contributed by atoms with E-state index in [4.69, 9.17) is 0 Å². The maximum atomic E-state index is 12.2. The number of amides is 2. The van der Waals surface area contributed by atoms with Crippen LogP contribution in [0.3, 0.4) is 0 Å². The number of hydrogen-bond acceptors (Lipinski definition) is 2. The minimum atomic E-state index is -0.397. The SMILES string of the molecule is CC12CCC1C(=O)N(Cc1ccccc1)C2=O. The third-order valence-corrected chi connectivity index (χ3v) is 4.20. The Morgan fingerprint density at radius 2 is 2.00 bits per heavy atom. The Kier molecular flexibility index (Phi) is 2.12. The third-order valence-electron chi connectivity index (χ3n) is 4.20. The molecule has 2 unspecified atom stereocenters. The first-order valence-corrected chi connectivity index (χ1v) is 6.03. The lowest BCUT2D eigenvalue weighted by atomic mass is 9.63. The Balaban J connectivity index is 1.85. The number of benzene rings is 1. The molecule has 0 aromatic heterocycles. The average Bonchev–Trinajstić information content (AvgIpc) is 2.43. The van der Waals surface area contributed by atoms with E-state index in [1.807, 2.05) is 37.3 Å². The Morgan fingerprint density at radius 1 is 1.29 bits per heavy atom. The first-order chi connectivity index (χ1) is 8.13. The molecular weight excluding hydrogens is 214 g/mol. The molecule has 0 spiro atoms. The Labute approximate surface area is 100 Å². The largest absolute Gasteiger partial charge is 0.277 e. The van der Waals surface area contributed by atoms with Crippen LogP contribution in [-0.4, -0.2) is 16.7 Å². The number of carbonyl (C=O) groups excluding carboxylic acids is 2. The van der Waals surface area contributed by atoms with Crippen molar-refractivity contribution in [1.82, 2.24) is 4.90 Å². The van der Waals surface area contributed by atoms with E-state index in [-0.39, 0.29) is 17.7 Å². The number of hydrogen-bond donors (Lipinski definition) is 0. The molecule has 17 heavy (non-hydrogen) atoms. The van der Waals surface area contributed by atoms with E-state index >= 15 is 0 Å². The molecule has 1 saturated heterocycles. The van der Waals surface area contributed by atoms with Crippen LogP contribution in [0.5, 0.6) is 0 Å². The second-order valence-electron chi connectivity index (χ2n) is 5.22. The summed E-state index contributed by atoms with van der Waals surface area (Å²) in [5.74, 6) is -0.0195. The number of carbonyl (C=O) groups is 2. The van der Waals surface area contributed by atoms with Crippen molar-refractivity contribution >= 4 is 11.8 Å². The van der Waals surface area contributed by atoms with Crippen LogP contribution >= 0.6 is 0 Å². The van der Waals surface area contributed by atoms with Gasteiger partial charge in [-0.3, -0.25) is 14.5 Å². The monoisotopic (exact) mass is 229 g/mol. The summed E-state index contributed by atoms with van der Waals surface area (Å²) in [5, 5.41) is 0. The van der Waals surface area contributed by atoms with Crippen LogP contribution in [0.4, 0.5) is 0 Å². The average molecular weight is 229 g/mol. The van der Waals surface area contributed by atoms with Gasteiger partial charge in [0, 0.05) is 0 Å². The normalized spacial score (nSPS) is 31.4. The van der Waals surface area contributed by atoms with Gasteiger partial charge in [0.05, 0.1) is 17.9 Å². The molecule has 2 aliphatic rings. The van der Waals surface area contributed by atoms with E-state index in [0.29, 0.717) is 6.54 Å². The smallest absolute Gasteiger partial charge is 0.236 e. The quantitative estimate of drug-likeness (QED) is 0.727. The number of nitrogens with zero attached hydrogens (tertiary/aromatic N) is 1. The highest BCUT2D eigenvalue weighted by molar-refractivity contribution is 6.08. The highest BCUT2D eigenvalue weighted by atomic mass is 16.2. The summed E-state index contributed by atoms with van der Waals surface area (Å²) < 4.78 is 0. The molecule has 88 valence electrons. The van der Waals surface area contributed by atoms with E-state index in [9.17, 15) is 9.59 Å². The van der Waals surface area contributed by atoms with Gasteiger partial charge in [0.1, 0.15) is 0 Å². The van der Waals surface area contributed by atoms with Crippen LogP contribution < -0.4 is 0 Å². The van der Waals surface area contributed by atoms with Crippen molar-refractivity contribution in [2.75, 3.05) is 0 Å². The number of likely N-dealkylation sites (tertiary alicyclic amines) is 1. The van der Waals surface area contributed by atoms with Crippen LogP contribution in [0.25, 0.3) is 0 Å². The molecule has 0 radical (unpaired) electrons. The van der Waals surface area contributed by atoms with Crippen molar-refractivity contribution in [3.63, 3.8) is 0 Å². The lowest BCUT2D eigenvalue weighted by molar-refractivity contribution is -0.141. The second kappa shape index (κ2) is 3.42. The molecule has 1 saturated carbocycles. The molecule has 1 aliphatic heterocycles. The van der Waals surface area contributed by atoms with Gasteiger partial charge in [0.2, 0.25) is 11.8 Å². The van der Waals surface area contributed by atoms with Crippen molar-refractivity contribution in [3.05, 3.63) is 35.9 Å². The van der Waals surface area contributed by atoms with E-state index in [2.05, 4.69) is 0 Å². The van der Waals surface area contributed by atoms with E-state index in [0.717, 1.165) is 18.4 Å². The summed E-state index contributed by atoms with van der Waals surface area (Å²) in [6.45, 7) is 2.34. The molecule has 0 bridgehead atoms. The fourth-order valence-electron chi connectivity index (χ4n) is 2.89. The molecule has 1 aliphatic carbocycles. The highest BCUT2D eigenvalue weighted by Gasteiger charge is 2.61. The highest BCUT2D eigenvalue weighted by Crippen LogP contribution is 2.53. The zero-order valence-electron chi connectivity index (χ0n) is 9.85. The molecule has 2 fully saturated rings. The summed E-state index contributed by atoms with van der Waals surface area (Å²) in [6.07, 6.45) is 1.72. The lowest BCUT2D eigenvalue weighted by Crippen LogP contribution is -2.40. The van der Waals surface area contributed by atoms with E-state index < -0.39 is 5.41 Å². The number of imide groups is 1. The molecule has 1 heterocycles. The second-order valence-corrected chi connectivity index (χ2v) is 5.22. The summed E-state index contributed by atoms with van der Waals surface area (Å²) in [7, 11) is 0. The van der Waals surface area contributed by atoms with Crippen LogP contribution in [0.2, 0.25) is 0 Å². The Morgan fingerprint density at radius 3 is 2.47 bits per heavy atom. The molecule has 3 nitrogen and oxygen atoms in total. The van der Waals surface area contributed by atoms with Crippen molar-refractivity contribution < 1.29 is 9.59 Å². The minimum Gasteiger partial charge on any atom is -0.277 e. The van der Waals surface area contributed by atoms with Gasteiger partial charge in [-0.15, -0.1) is 0 Å². The fraction of sp³-hybridized carbons (Fsp3) is 0.429. The summed E-state index contributed by atoms with van der Waals surface area (Å²) in [6, 6.07) is 9.68. The predicted molar refractivity (Wildman–Crippen MR) is 62.8 cm³/mol. The number of rotatable bonds is 2. The van der Waals surface area contributed by atoms with Crippen LogP contribution in [-0.2, 0) is 16.1 Å². The van der Waals surface area contributed by atoms with Gasteiger partial charge in [-0.05, 0) is 25.3 Å². The summed E-state index contributed by atoms with van der Waals surface area (Å²) in [4.78, 5) is 25.7. The molecule has 2 atom stereocenters. The molecule has 1 aromatic carbocycles. The maximum Gasteiger partial charge on any atom is 0.236 e. The van der Waals surface area contributed by atoms with Crippen molar-refractivity contribution in [3.8, 4) is 0 Å². The third kappa shape index (κ3) is 1.35. The molecule has 3 heteroatoms. The van der Waals surface area contributed by atoms with Crippen LogP contribution in [0.1, 0.15) is 25.3 Å². The predicted octanol–water partition coefficient (Wildman–Crippen LogP) is 1.97. The Bertz CT molecular complexity index is 482. The van der Waals surface area contributed by atoms with Gasteiger partial charge in [-0.2, -0.15) is 0 Å². The van der Waals surface area contributed by atoms with Gasteiger partial charge >= 0.3 is 0 Å². The van der Waals surface area contributed by atoms with E-state index in [1.54, 1.807) is 0 Å². The lowest BCUT2D eigenvalue weighted by Gasteiger charge is -2.36. The zero-order chi connectivity index (χ0) is 12.0. The van der Waals surface area contributed by atoms with Gasteiger partial charge < -0.3 is 0 Å². The van der Waals surface area contributed by atoms with Gasteiger partial charge in [-0.25, -0.2) is 0 Å². The van der Waals surface area contributed by atoms with Crippen LogP contribution in [0.15, 0.2) is 30.3 Å². The first-order valence-electron chi connectivity index (χ1n) is 6.03. The molecule has 0 N–H and O–H groups in total. The summed E-state index contributed by atoms with van der Waals surface area (Å²) >= 11 is 0. The van der Waals surface area contributed by atoms with Crippen molar-refractivity contribution in [1.29, 1.82) is 0 Å². The summed E-state index contributed by atoms with van der Waals surface area (Å²) in [5.41, 5.74) is 0.616. The molecule has 3 rings (SSSR count). The van der Waals surface area contributed by atoms with Gasteiger partial charge in [0.15, 0.2) is 0 Å². The van der Waals surface area contributed by atoms with Gasteiger partial charge in [0.25, 0.3) is 0 Å². The maximum absolute atomic E-state index is 12.2. The van der Waals surface area contributed by atoms with Crippen LogP contribution in [0, 0.1) is 11.3 Å². The minimum absolute atomic E-state index is 0.0163. The molecular formula is C14H15NO2. The van der Waals surface area contributed by atoms with E-state index in [1.165, 1.54) is 4.90 Å². The van der Waals surface area contributed by atoms with Crippen molar-refractivity contribution in [2.24, 2.45) is 11.3 Å². The fourth-order valence-corrected chi connectivity index (χ4v) is 2.89. The van der Waals surface area contributed by atoms with Crippen molar-refractivity contribution in [2.45, 2.75) is 26.3 Å². The number of fused-ring (bicyclic) bond motifs is 1. The topological polar surface area (TPSA) is 37.4 Å². The standard InChI is InChI=1S/C14H15NO2/c1-14-8-7-11(14)12(16)15(13(14)17)9-10-5-3-2-4-6-10/h2-6,11H,7-9H2,1H3. The first kappa shape index (κ1) is 10.5. The zero-order valence-corrected chi connectivity index (χ0v) is 9.85.